The smallest absolute Gasteiger partial charge is 0.328 e. The van der Waals surface area contributed by atoms with E-state index in [-0.39, 0.29) is 19.1 Å². The number of esters is 1. The zero-order valence-electron chi connectivity index (χ0n) is 6.38. The predicted molar refractivity (Wildman–Crippen MR) is 39.0 cm³/mol. The van der Waals surface area contributed by atoms with E-state index in [1.165, 1.54) is 17.1 Å². The molecule has 0 atom stereocenters. The Morgan fingerprint density at radius 3 is 3.17 bits per heavy atom. The van der Waals surface area contributed by atoms with Crippen LogP contribution in [0.2, 0.25) is 0 Å². The molecule has 0 aliphatic rings. The molecule has 0 aliphatic heterocycles. The van der Waals surface area contributed by atoms with Gasteiger partial charge in [0, 0.05) is 0 Å². The van der Waals surface area contributed by atoms with Gasteiger partial charge >= 0.3 is 5.97 Å². The van der Waals surface area contributed by atoms with Gasteiger partial charge in [0.05, 0.1) is 0 Å². The van der Waals surface area contributed by atoms with Gasteiger partial charge in [0.1, 0.15) is 19.5 Å². The Morgan fingerprint density at radius 2 is 2.58 bits per heavy atom. The van der Waals surface area contributed by atoms with Crippen molar-refractivity contribution in [2.45, 2.75) is 6.54 Å². The molecule has 6 nitrogen and oxygen atoms in total. The number of tetrazole rings is 1. The van der Waals surface area contributed by atoms with E-state index >= 15 is 0 Å². The summed E-state index contributed by atoms with van der Waals surface area (Å²) in [5.41, 5.74) is 0. The lowest BCUT2D eigenvalue weighted by Crippen LogP contribution is -2.14. The van der Waals surface area contributed by atoms with Crippen LogP contribution in [0.15, 0.2) is 19.0 Å². The largest absolute Gasteiger partial charge is 0.460 e. The molecule has 1 aromatic heterocycles. The SMILES string of the molecule is C=CCOC(=O)Cn1cnnn1. The Bertz CT molecular complexity index is 257. The molecule has 0 unspecified atom stereocenters. The van der Waals surface area contributed by atoms with Crippen LogP contribution in [0.3, 0.4) is 0 Å². The first-order valence-corrected chi connectivity index (χ1v) is 3.30. The van der Waals surface area contributed by atoms with E-state index in [9.17, 15) is 4.79 Å². The van der Waals surface area contributed by atoms with Crippen LogP contribution in [0, 0.1) is 0 Å². The van der Waals surface area contributed by atoms with Crippen molar-refractivity contribution in [1.29, 1.82) is 0 Å². The van der Waals surface area contributed by atoms with E-state index in [0.717, 1.165) is 0 Å². The summed E-state index contributed by atoms with van der Waals surface area (Å²) in [5, 5.41) is 10.2. The summed E-state index contributed by atoms with van der Waals surface area (Å²) < 4.78 is 5.97. The average Bonchev–Trinajstić information content (AvgIpc) is 2.53. The number of hydrogen-bond donors (Lipinski definition) is 0. The highest BCUT2D eigenvalue weighted by Gasteiger charge is 2.02. The van der Waals surface area contributed by atoms with E-state index in [1.54, 1.807) is 0 Å². The first-order valence-electron chi connectivity index (χ1n) is 3.30. The fourth-order valence-electron chi connectivity index (χ4n) is 0.583. The quantitative estimate of drug-likeness (QED) is 0.443. The van der Waals surface area contributed by atoms with Gasteiger partial charge in [-0.15, -0.1) is 5.10 Å². The van der Waals surface area contributed by atoms with Crippen LogP contribution in [-0.2, 0) is 16.1 Å². The van der Waals surface area contributed by atoms with E-state index in [2.05, 4.69) is 22.1 Å². The minimum atomic E-state index is -0.387. The van der Waals surface area contributed by atoms with Crippen molar-refractivity contribution in [3.05, 3.63) is 19.0 Å². The lowest BCUT2D eigenvalue weighted by atomic mass is 10.6. The minimum absolute atomic E-state index is 0.0286. The molecule has 1 heterocycles. The first-order chi connectivity index (χ1) is 5.83. The Labute approximate surface area is 68.8 Å². The molecule has 1 aromatic rings. The summed E-state index contributed by atoms with van der Waals surface area (Å²) in [6.07, 6.45) is 2.84. The van der Waals surface area contributed by atoms with Gasteiger partial charge < -0.3 is 4.74 Å². The van der Waals surface area contributed by atoms with E-state index in [1.807, 2.05) is 0 Å². The molecule has 0 aliphatic carbocycles. The number of hydrogen-bond acceptors (Lipinski definition) is 5. The van der Waals surface area contributed by atoms with E-state index in [0.29, 0.717) is 0 Å². The van der Waals surface area contributed by atoms with Gasteiger partial charge in [-0.25, -0.2) is 4.68 Å². The number of carbonyl (C=O) groups excluding carboxylic acids is 1. The lowest BCUT2D eigenvalue weighted by molar-refractivity contribution is -0.143. The molecule has 0 aromatic carbocycles. The summed E-state index contributed by atoms with van der Waals surface area (Å²) in [6.45, 7) is 3.64. The van der Waals surface area contributed by atoms with Crippen molar-refractivity contribution in [2.24, 2.45) is 0 Å². The maximum absolute atomic E-state index is 10.9. The van der Waals surface area contributed by atoms with Gasteiger partial charge in [-0.1, -0.05) is 12.7 Å². The molecule has 6 heteroatoms. The summed E-state index contributed by atoms with van der Waals surface area (Å²) in [6, 6.07) is 0. The van der Waals surface area contributed by atoms with E-state index < -0.39 is 0 Å². The number of nitrogens with zero attached hydrogens (tertiary/aromatic N) is 4. The van der Waals surface area contributed by atoms with Gasteiger partial charge in [-0.2, -0.15) is 0 Å². The van der Waals surface area contributed by atoms with Crippen LogP contribution in [0.1, 0.15) is 0 Å². The van der Waals surface area contributed by atoms with Gasteiger partial charge in [0.2, 0.25) is 0 Å². The molecular weight excluding hydrogens is 160 g/mol. The number of carbonyl (C=O) groups is 1. The lowest BCUT2D eigenvalue weighted by Gasteiger charge is -1.99. The molecule has 12 heavy (non-hydrogen) atoms. The van der Waals surface area contributed by atoms with Crippen molar-refractivity contribution in [3.63, 3.8) is 0 Å². The molecule has 0 fully saturated rings. The van der Waals surface area contributed by atoms with Crippen LogP contribution in [-0.4, -0.2) is 32.8 Å². The molecule has 0 spiro atoms. The van der Waals surface area contributed by atoms with Crippen LogP contribution in [0.5, 0.6) is 0 Å². The summed E-state index contributed by atoms with van der Waals surface area (Å²) in [5.74, 6) is -0.387. The fourth-order valence-corrected chi connectivity index (χ4v) is 0.583. The van der Waals surface area contributed by atoms with Gasteiger partial charge in [0.15, 0.2) is 0 Å². The monoisotopic (exact) mass is 168 g/mol. The third kappa shape index (κ3) is 2.49. The van der Waals surface area contributed by atoms with Crippen LogP contribution in [0.25, 0.3) is 0 Å². The topological polar surface area (TPSA) is 69.9 Å². The van der Waals surface area contributed by atoms with Gasteiger partial charge in [0.25, 0.3) is 0 Å². The van der Waals surface area contributed by atoms with Crippen LogP contribution < -0.4 is 0 Å². The number of ether oxygens (including phenoxy) is 1. The maximum Gasteiger partial charge on any atom is 0.328 e. The minimum Gasteiger partial charge on any atom is -0.460 e. The molecule has 0 radical (unpaired) electrons. The van der Waals surface area contributed by atoms with Crippen molar-refractivity contribution in [1.82, 2.24) is 20.2 Å². The molecule has 0 N–H and O–H groups in total. The Balaban J connectivity index is 2.32. The average molecular weight is 168 g/mol. The van der Waals surface area contributed by atoms with Crippen LogP contribution >= 0.6 is 0 Å². The third-order valence-corrected chi connectivity index (χ3v) is 1.04. The second-order valence-electron chi connectivity index (χ2n) is 1.98. The first kappa shape index (κ1) is 8.38. The summed E-state index contributed by atoms with van der Waals surface area (Å²) in [7, 11) is 0. The molecule has 0 saturated heterocycles. The van der Waals surface area contributed by atoms with Crippen molar-refractivity contribution in [3.8, 4) is 0 Å². The zero-order chi connectivity index (χ0) is 8.81. The predicted octanol–water partition coefficient (Wildman–Crippen LogP) is -0.598. The van der Waals surface area contributed by atoms with Crippen LogP contribution in [0.4, 0.5) is 0 Å². The van der Waals surface area contributed by atoms with Gasteiger partial charge in [-0.3, -0.25) is 4.79 Å². The standard InChI is InChI=1S/C6H8N4O2/c1-2-3-12-6(11)4-10-5-7-8-9-10/h2,5H,1,3-4H2. The molecule has 0 saturated carbocycles. The van der Waals surface area contributed by atoms with Crippen molar-refractivity contribution >= 4 is 5.97 Å². The van der Waals surface area contributed by atoms with Crippen molar-refractivity contribution < 1.29 is 9.53 Å². The third-order valence-electron chi connectivity index (χ3n) is 1.04. The fraction of sp³-hybridized carbons (Fsp3) is 0.333. The second-order valence-corrected chi connectivity index (χ2v) is 1.98. The highest BCUT2D eigenvalue weighted by atomic mass is 16.5. The Morgan fingerprint density at radius 1 is 1.75 bits per heavy atom. The summed E-state index contributed by atoms with van der Waals surface area (Å²) in [4.78, 5) is 10.9. The van der Waals surface area contributed by atoms with Crippen molar-refractivity contribution in [2.75, 3.05) is 6.61 Å². The molecule has 64 valence electrons. The zero-order valence-corrected chi connectivity index (χ0v) is 6.38. The molecule has 0 bridgehead atoms. The molecule has 0 amide bonds. The summed E-state index contributed by atoms with van der Waals surface area (Å²) >= 11 is 0. The second kappa shape index (κ2) is 4.22. The van der Waals surface area contributed by atoms with E-state index in [4.69, 9.17) is 4.74 Å². The molecule has 1 rings (SSSR count). The highest BCUT2D eigenvalue weighted by molar-refractivity contribution is 5.69. The number of aromatic nitrogens is 4. The maximum atomic E-state index is 10.9. The molecular formula is C6H8N4O2. The highest BCUT2D eigenvalue weighted by Crippen LogP contribution is 1.83. The normalized spacial score (nSPS) is 9.33. The number of rotatable bonds is 4. The Kier molecular flexibility index (Phi) is 2.95. The van der Waals surface area contributed by atoms with Gasteiger partial charge in [-0.05, 0) is 10.4 Å². The Hall–Kier alpha value is -1.72.